The standard InChI is InChI=1S/C18H15F2NO4/c1-3-13(22)15-16(14-7-4-9(2)25-14)21(18(24)17(15)23)12-8-10(19)5-6-11(12)20/h4-8,16,23H,3H2,1-2H3. The van der Waals surface area contributed by atoms with Crippen LogP contribution in [0.15, 0.2) is 46.1 Å². The number of anilines is 1. The van der Waals surface area contributed by atoms with Gasteiger partial charge in [0.2, 0.25) is 0 Å². The molecule has 130 valence electrons. The number of benzene rings is 1. The minimum atomic E-state index is -1.16. The molecule has 1 unspecified atom stereocenters. The highest BCUT2D eigenvalue weighted by atomic mass is 19.1. The zero-order valence-electron chi connectivity index (χ0n) is 13.5. The molecule has 1 amide bonds. The predicted octanol–water partition coefficient (Wildman–Crippen LogP) is 3.75. The molecule has 7 heteroatoms. The summed E-state index contributed by atoms with van der Waals surface area (Å²) in [6.07, 6.45) is 0.0301. The lowest BCUT2D eigenvalue weighted by molar-refractivity contribution is -0.118. The molecule has 1 aromatic carbocycles. The van der Waals surface area contributed by atoms with E-state index in [0.29, 0.717) is 5.76 Å². The normalized spacial score (nSPS) is 17.5. The number of amides is 1. The Labute approximate surface area is 142 Å². The molecule has 1 N–H and O–H groups in total. The zero-order valence-corrected chi connectivity index (χ0v) is 13.5. The van der Waals surface area contributed by atoms with Crippen molar-refractivity contribution >= 4 is 17.4 Å². The van der Waals surface area contributed by atoms with E-state index in [1.54, 1.807) is 19.9 Å². The first kappa shape index (κ1) is 16.9. The fourth-order valence-corrected chi connectivity index (χ4v) is 2.87. The second-order valence-electron chi connectivity index (χ2n) is 5.66. The van der Waals surface area contributed by atoms with Crippen LogP contribution in [0.3, 0.4) is 0 Å². The molecule has 0 fully saturated rings. The number of carbonyl (C=O) groups excluding carboxylic acids is 2. The van der Waals surface area contributed by atoms with E-state index in [2.05, 4.69) is 0 Å². The van der Waals surface area contributed by atoms with Gasteiger partial charge < -0.3 is 9.52 Å². The third-order valence-electron chi connectivity index (χ3n) is 4.03. The molecule has 0 radical (unpaired) electrons. The summed E-state index contributed by atoms with van der Waals surface area (Å²) in [7, 11) is 0. The van der Waals surface area contributed by atoms with Crippen LogP contribution >= 0.6 is 0 Å². The van der Waals surface area contributed by atoms with Crippen molar-refractivity contribution in [2.75, 3.05) is 4.90 Å². The molecule has 2 aromatic rings. The topological polar surface area (TPSA) is 70.8 Å². The van der Waals surface area contributed by atoms with Crippen molar-refractivity contribution in [3.8, 4) is 0 Å². The molecular weight excluding hydrogens is 332 g/mol. The Balaban J connectivity index is 2.22. The van der Waals surface area contributed by atoms with E-state index in [9.17, 15) is 23.5 Å². The summed E-state index contributed by atoms with van der Waals surface area (Å²) >= 11 is 0. The molecule has 0 saturated heterocycles. The molecule has 3 rings (SSSR count). The van der Waals surface area contributed by atoms with Gasteiger partial charge in [0.05, 0.1) is 11.3 Å². The van der Waals surface area contributed by atoms with E-state index in [-0.39, 0.29) is 23.4 Å². The third kappa shape index (κ3) is 2.71. The number of nitrogens with zero attached hydrogens (tertiary/aromatic N) is 1. The van der Waals surface area contributed by atoms with Crippen LogP contribution in [0, 0.1) is 18.6 Å². The summed E-state index contributed by atoms with van der Waals surface area (Å²) in [5.41, 5.74) is -0.569. The highest BCUT2D eigenvalue weighted by Crippen LogP contribution is 2.42. The fraction of sp³-hybridized carbons (Fsp3) is 0.222. The molecule has 1 aromatic heterocycles. The van der Waals surface area contributed by atoms with Crippen molar-refractivity contribution in [3.05, 3.63) is 64.8 Å². The van der Waals surface area contributed by atoms with Gasteiger partial charge in [0.25, 0.3) is 5.91 Å². The first-order chi connectivity index (χ1) is 11.8. The minimum absolute atomic E-state index is 0.0301. The number of hydrogen-bond acceptors (Lipinski definition) is 4. The monoisotopic (exact) mass is 347 g/mol. The van der Waals surface area contributed by atoms with Gasteiger partial charge in [-0.25, -0.2) is 8.78 Å². The lowest BCUT2D eigenvalue weighted by Gasteiger charge is -2.25. The van der Waals surface area contributed by atoms with Crippen LogP contribution in [0.25, 0.3) is 0 Å². The average Bonchev–Trinajstić information content (AvgIpc) is 3.11. The highest BCUT2D eigenvalue weighted by molar-refractivity contribution is 6.16. The number of aliphatic hydroxyl groups excluding tert-OH is 1. The number of rotatable bonds is 4. The Morgan fingerprint density at radius 1 is 1.28 bits per heavy atom. The summed E-state index contributed by atoms with van der Waals surface area (Å²) in [5.74, 6) is -3.18. The molecule has 25 heavy (non-hydrogen) atoms. The number of ketones is 1. The molecule has 1 aliphatic heterocycles. The molecule has 1 aliphatic rings. The van der Waals surface area contributed by atoms with Crippen molar-refractivity contribution in [1.29, 1.82) is 0 Å². The number of halogens is 2. The van der Waals surface area contributed by atoms with E-state index in [1.807, 2.05) is 0 Å². The van der Waals surface area contributed by atoms with Crippen LogP contribution in [-0.2, 0) is 9.59 Å². The van der Waals surface area contributed by atoms with E-state index >= 15 is 0 Å². The Morgan fingerprint density at radius 3 is 2.60 bits per heavy atom. The van der Waals surface area contributed by atoms with Crippen molar-refractivity contribution in [3.63, 3.8) is 0 Å². The van der Waals surface area contributed by atoms with Crippen LogP contribution < -0.4 is 4.90 Å². The van der Waals surface area contributed by atoms with Crippen molar-refractivity contribution in [2.24, 2.45) is 0 Å². The van der Waals surface area contributed by atoms with Gasteiger partial charge in [-0.15, -0.1) is 0 Å². The molecule has 0 spiro atoms. The SMILES string of the molecule is CCC(=O)C1=C(O)C(=O)N(c2cc(F)ccc2F)C1c1ccc(C)o1. The maximum atomic E-state index is 14.2. The van der Waals surface area contributed by atoms with Crippen molar-refractivity contribution in [1.82, 2.24) is 0 Å². The van der Waals surface area contributed by atoms with E-state index in [0.717, 1.165) is 23.1 Å². The Kier molecular flexibility index (Phi) is 4.16. The number of aliphatic hydroxyl groups is 1. The largest absolute Gasteiger partial charge is 0.503 e. The Morgan fingerprint density at radius 2 is 2.00 bits per heavy atom. The van der Waals surface area contributed by atoms with Gasteiger partial charge in [-0.1, -0.05) is 6.92 Å². The van der Waals surface area contributed by atoms with Gasteiger partial charge in [-0.05, 0) is 31.2 Å². The Hall–Kier alpha value is -2.96. The van der Waals surface area contributed by atoms with Crippen LogP contribution in [0.5, 0.6) is 0 Å². The molecule has 1 atom stereocenters. The molecule has 0 aliphatic carbocycles. The van der Waals surface area contributed by atoms with Gasteiger partial charge in [0.1, 0.15) is 29.2 Å². The molecule has 2 heterocycles. The smallest absolute Gasteiger partial charge is 0.294 e. The second kappa shape index (κ2) is 6.16. The van der Waals surface area contributed by atoms with Gasteiger partial charge in [-0.3, -0.25) is 14.5 Å². The fourth-order valence-electron chi connectivity index (χ4n) is 2.87. The van der Waals surface area contributed by atoms with Crippen molar-refractivity contribution < 1.29 is 27.9 Å². The van der Waals surface area contributed by atoms with Crippen LogP contribution in [0.4, 0.5) is 14.5 Å². The number of furan rings is 1. The van der Waals surface area contributed by atoms with Gasteiger partial charge in [0.15, 0.2) is 11.5 Å². The van der Waals surface area contributed by atoms with Gasteiger partial charge >= 0.3 is 0 Å². The summed E-state index contributed by atoms with van der Waals surface area (Å²) in [6, 6.07) is 4.60. The predicted molar refractivity (Wildman–Crippen MR) is 85.0 cm³/mol. The molecular formula is C18H15F2NO4. The lowest BCUT2D eigenvalue weighted by Crippen LogP contribution is -2.31. The quantitative estimate of drug-likeness (QED) is 0.914. The van der Waals surface area contributed by atoms with E-state index < -0.39 is 35.1 Å². The van der Waals surface area contributed by atoms with Crippen LogP contribution in [-0.4, -0.2) is 16.8 Å². The molecule has 0 saturated carbocycles. The lowest BCUT2D eigenvalue weighted by atomic mass is 9.99. The van der Waals surface area contributed by atoms with Gasteiger partial charge in [0, 0.05) is 12.5 Å². The first-order valence-electron chi connectivity index (χ1n) is 7.66. The maximum absolute atomic E-state index is 14.2. The minimum Gasteiger partial charge on any atom is -0.503 e. The Bertz CT molecular complexity index is 900. The second-order valence-corrected chi connectivity index (χ2v) is 5.66. The zero-order chi connectivity index (χ0) is 18.3. The molecule has 0 bridgehead atoms. The average molecular weight is 347 g/mol. The third-order valence-corrected chi connectivity index (χ3v) is 4.03. The summed E-state index contributed by atoms with van der Waals surface area (Å²) in [4.78, 5) is 25.7. The highest BCUT2D eigenvalue weighted by Gasteiger charge is 2.46. The van der Waals surface area contributed by atoms with Crippen molar-refractivity contribution in [2.45, 2.75) is 26.3 Å². The molecule has 5 nitrogen and oxygen atoms in total. The van der Waals surface area contributed by atoms with Crippen LogP contribution in [0.1, 0.15) is 30.9 Å². The number of carbonyl (C=O) groups is 2. The first-order valence-corrected chi connectivity index (χ1v) is 7.66. The maximum Gasteiger partial charge on any atom is 0.294 e. The van der Waals surface area contributed by atoms with Crippen LogP contribution in [0.2, 0.25) is 0 Å². The van der Waals surface area contributed by atoms with E-state index in [4.69, 9.17) is 4.42 Å². The summed E-state index contributed by atoms with van der Waals surface area (Å²) in [6.45, 7) is 3.24. The summed E-state index contributed by atoms with van der Waals surface area (Å²) < 4.78 is 33.4. The van der Waals surface area contributed by atoms with E-state index in [1.165, 1.54) is 6.07 Å². The summed E-state index contributed by atoms with van der Waals surface area (Å²) in [5, 5.41) is 10.2. The van der Waals surface area contributed by atoms with Gasteiger partial charge in [-0.2, -0.15) is 0 Å². The number of hydrogen-bond donors (Lipinski definition) is 1. The number of Topliss-reactive ketones (excluding diaryl/α,β-unsaturated/α-hetero) is 1. The number of aryl methyl sites for hydroxylation is 1.